The average Bonchev–Trinajstić information content (AvgIpc) is 2.82. The van der Waals surface area contributed by atoms with Gasteiger partial charge in [-0.15, -0.1) is 0 Å². The molecule has 0 aromatic carbocycles. The van der Waals surface area contributed by atoms with E-state index in [1.807, 2.05) is 12.3 Å². The lowest BCUT2D eigenvalue weighted by Gasteiger charge is -2.30. The molecule has 1 unspecified atom stereocenters. The number of hydrazine groups is 1. The molecular formula is C12H17N3O3. The lowest BCUT2D eigenvalue weighted by molar-refractivity contribution is -0.138. The van der Waals surface area contributed by atoms with Crippen molar-refractivity contribution in [2.45, 2.75) is 26.3 Å². The fourth-order valence-electron chi connectivity index (χ4n) is 2.22. The second-order valence-corrected chi connectivity index (χ2v) is 4.55. The van der Waals surface area contributed by atoms with Gasteiger partial charge in [-0.05, 0) is 18.9 Å². The number of likely N-dealkylation sites (tertiary alicyclic amines) is 1. The van der Waals surface area contributed by atoms with E-state index >= 15 is 0 Å². The van der Waals surface area contributed by atoms with Crippen LogP contribution in [0.15, 0.2) is 16.7 Å². The minimum atomic E-state index is -0.479. The molecule has 18 heavy (non-hydrogen) atoms. The van der Waals surface area contributed by atoms with Crippen molar-refractivity contribution in [3.8, 4) is 0 Å². The molecule has 1 aliphatic rings. The maximum Gasteiger partial charge on any atom is 0.301 e. The van der Waals surface area contributed by atoms with Gasteiger partial charge >= 0.3 is 5.91 Å². The van der Waals surface area contributed by atoms with Crippen LogP contribution in [0.25, 0.3) is 0 Å². The minimum Gasteiger partial charge on any atom is -0.459 e. The number of piperidine rings is 1. The Kier molecular flexibility index (Phi) is 3.66. The first-order chi connectivity index (χ1) is 8.63. The highest BCUT2D eigenvalue weighted by Gasteiger charge is 2.26. The Morgan fingerprint density at radius 3 is 3.17 bits per heavy atom. The van der Waals surface area contributed by atoms with Crippen LogP contribution in [0.4, 0.5) is 0 Å². The van der Waals surface area contributed by atoms with Crippen LogP contribution >= 0.6 is 0 Å². The summed E-state index contributed by atoms with van der Waals surface area (Å²) < 4.78 is 5.09. The number of hydrogen-bond acceptors (Lipinski definition) is 4. The van der Waals surface area contributed by atoms with Crippen LogP contribution in [-0.4, -0.2) is 23.3 Å². The normalized spacial score (nSPS) is 20.0. The number of nitrogens with two attached hydrogens (primary N) is 1. The van der Waals surface area contributed by atoms with Gasteiger partial charge in [-0.3, -0.25) is 15.0 Å². The lowest BCUT2D eigenvalue weighted by atomic mass is 9.99. The molecule has 1 fully saturated rings. The van der Waals surface area contributed by atoms with Gasteiger partial charge in [-0.1, -0.05) is 6.92 Å². The van der Waals surface area contributed by atoms with E-state index < -0.39 is 5.91 Å². The molecule has 0 saturated carbocycles. The molecule has 1 aromatic heterocycles. The van der Waals surface area contributed by atoms with E-state index in [1.54, 1.807) is 11.0 Å². The quantitative estimate of drug-likeness (QED) is 0.469. The Labute approximate surface area is 105 Å². The number of hydrogen-bond donors (Lipinski definition) is 2. The smallest absolute Gasteiger partial charge is 0.301 e. The van der Waals surface area contributed by atoms with Crippen LogP contribution in [0.2, 0.25) is 0 Å². The first-order valence-corrected chi connectivity index (χ1v) is 5.99. The van der Waals surface area contributed by atoms with Crippen molar-refractivity contribution < 1.29 is 14.0 Å². The Hall–Kier alpha value is -1.82. The van der Waals surface area contributed by atoms with E-state index in [2.05, 4.69) is 0 Å². The molecule has 2 amide bonds. The van der Waals surface area contributed by atoms with Gasteiger partial charge in [-0.25, -0.2) is 5.84 Å². The second kappa shape index (κ2) is 5.22. The number of carbonyl (C=O) groups excluding carboxylic acids is 2. The molecule has 0 spiro atoms. The van der Waals surface area contributed by atoms with Crippen LogP contribution in [0.1, 0.15) is 35.9 Å². The van der Waals surface area contributed by atoms with Gasteiger partial charge in [0.1, 0.15) is 0 Å². The maximum absolute atomic E-state index is 12.0. The third-order valence-electron chi connectivity index (χ3n) is 3.24. The van der Waals surface area contributed by atoms with E-state index in [4.69, 9.17) is 10.3 Å². The van der Waals surface area contributed by atoms with E-state index in [9.17, 15) is 9.59 Å². The first-order valence-electron chi connectivity index (χ1n) is 5.99. The molecule has 0 bridgehead atoms. The molecule has 1 atom stereocenters. The Balaban J connectivity index is 2.12. The zero-order valence-corrected chi connectivity index (χ0v) is 10.3. The monoisotopic (exact) mass is 251 g/mol. The van der Waals surface area contributed by atoms with Crippen molar-refractivity contribution in [3.63, 3.8) is 0 Å². The maximum atomic E-state index is 12.0. The number of furan rings is 1. The third kappa shape index (κ3) is 2.38. The number of rotatable bonds is 3. The summed E-state index contributed by atoms with van der Waals surface area (Å²) in [5.74, 6) is 4.94. The van der Waals surface area contributed by atoms with Crippen LogP contribution in [0.5, 0.6) is 0 Å². The van der Waals surface area contributed by atoms with Gasteiger partial charge in [-0.2, -0.15) is 0 Å². The number of amides is 2. The molecule has 1 saturated heterocycles. The van der Waals surface area contributed by atoms with Crippen LogP contribution < -0.4 is 11.3 Å². The fraction of sp³-hybridized carbons (Fsp3) is 0.500. The largest absolute Gasteiger partial charge is 0.459 e. The van der Waals surface area contributed by atoms with Crippen LogP contribution in [-0.2, 0) is 11.3 Å². The van der Waals surface area contributed by atoms with E-state index in [1.165, 1.54) is 6.26 Å². The summed E-state index contributed by atoms with van der Waals surface area (Å²) in [7, 11) is 0. The fourth-order valence-corrected chi connectivity index (χ4v) is 2.22. The zero-order chi connectivity index (χ0) is 13.1. The molecule has 2 rings (SSSR count). The third-order valence-corrected chi connectivity index (χ3v) is 3.24. The summed E-state index contributed by atoms with van der Waals surface area (Å²) in [4.78, 5) is 25.2. The average molecular weight is 251 g/mol. The highest BCUT2D eigenvalue weighted by atomic mass is 16.3. The van der Waals surface area contributed by atoms with E-state index in [0.717, 1.165) is 19.4 Å². The predicted octanol–water partition coefficient (Wildman–Crippen LogP) is 0.642. The second-order valence-electron chi connectivity index (χ2n) is 4.55. The molecule has 6 nitrogen and oxygen atoms in total. The van der Waals surface area contributed by atoms with Crippen molar-refractivity contribution in [2.24, 2.45) is 11.8 Å². The summed E-state index contributed by atoms with van der Waals surface area (Å²) in [6, 6.07) is 1.69. The van der Waals surface area contributed by atoms with Gasteiger partial charge in [0.05, 0.1) is 6.26 Å². The van der Waals surface area contributed by atoms with Crippen molar-refractivity contribution in [1.29, 1.82) is 0 Å². The Morgan fingerprint density at radius 1 is 1.67 bits per heavy atom. The Morgan fingerprint density at radius 2 is 2.44 bits per heavy atom. The lowest BCUT2D eigenvalue weighted by Crippen LogP contribution is -2.40. The number of nitrogens with one attached hydrogen (secondary N) is 1. The SMILES string of the molecule is CC1CCCN(Cc2ccoc2C(=O)NN)C1=O. The molecule has 1 aromatic rings. The molecule has 6 heteroatoms. The summed E-state index contributed by atoms with van der Waals surface area (Å²) in [6.45, 7) is 3.04. The summed E-state index contributed by atoms with van der Waals surface area (Å²) >= 11 is 0. The van der Waals surface area contributed by atoms with Gasteiger partial charge in [0.15, 0.2) is 5.76 Å². The van der Waals surface area contributed by atoms with E-state index in [0.29, 0.717) is 12.1 Å². The Bertz CT molecular complexity index is 455. The highest BCUT2D eigenvalue weighted by molar-refractivity contribution is 5.92. The summed E-state index contributed by atoms with van der Waals surface area (Å²) in [5, 5.41) is 0. The summed E-state index contributed by atoms with van der Waals surface area (Å²) in [5.41, 5.74) is 2.71. The van der Waals surface area contributed by atoms with Crippen LogP contribution in [0, 0.1) is 5.92 Å². The van der Waals surface area contributed by atoms with Crippen molar-refractivity contribution >= 4 is 11.8 Å². The predicted molar refractivity (Wildman–Crippen MR) is 64.2 cm³/mol. The molecular weight excluding hydrogens is 234 g/mol. The molecule has 2 heterocycles. The topological polar surface area (TPSA) is 88.6 Å². The molecule has 0 aliphatic carbocycles. The van der Waals surface area contributed by atoms with Crippen molar-refractivity contribution in [3.05, 3.63) is 23.7 Å². The van der Waals surface area contributed by atoms with Crippen molar-refractivity contribution in [2.75, 3.05) is 6.54 Å². The number of nitrogens with zero attached hydrogens (tertiary/aromatic N) is 1. The molecule has 1 aliphatic heterocycles. The standard InChI is InChI=1S/C12H17N3O3/c1-8-3-2-5-15(12(8)17)7-9-4-6-18-10(9)11(16)14-13/h4,6,8H,2-3,5,7,13H2,1H3,(H,14,16). The summed E-state index contributed by atoms with van der Waals surface area (Å²) in [6.07, 6.45) is 3.35. The van der Waals surface area contributed by atoms with Gasteiger partial charge in [0.25, 0.3) is 0 Å². The first kappa shape index (κ1) is 12.6. The van der Waals surface area contributed by atoms with Gasteiger partial charge in [0.2, 0.25) is 5.91 Å². The number of nitrogen functional groups attached to an aromatic ring is 1. The van der Waals surface area contributed by atoms with Crippen molar-refractivity contribution in [1.82, 2.24) is 10.3 Å². The van der Waals surface area contributed by atoms with Gasteiger partial charge < -0.3 is 9.32 Å². The molecule has 98 valence electrons. The molecule has 3 N–H and O–H groups in total. The number of carbonyl (C=O) groups is 2. The van der Waals surface area contributed by atoms with Gasteiger partial charge in [0, 0.05) is 24.6 Å². The highest BCUT2D eigenvalue weighted by Crippen LogP contribution is 2.21. The van der Waals surface area contributed by atoms with E-state index in [-0.39, 0.29) is 17.6 Å². The zero-order valence-electron chi connectivity index (χ0n) is 10.3. The molecule has 0 radical (unpaired) electrons. The van der Waals surface area contributed by atoms with Crippen LogP contribution in [0.3, 0.4) is 0 Å². The minimum absolute atomic E-state index is 0.0532.